The predicted molar refractivity (Wildman–Crippen MR) is 126 cm³/mol. The summed E-state index contributed by atoms with van der Waals surface area (Å²) in [6.45, 7) is 8.88. The van der Waals surface area contributed by atoms with Gasteiger partial charge in [-0.25, -0.2) is 4.99 Å². The van der Waals surface area contributed by atoms with Gasteiger partial charge >= 0.3 is 0 Å². The molecule has 7 nitrogen and oxygen atoms in total. The summed E-state index contributed by atoms with van der Waals surface area (Å²) in [5.41, 5.74) is 3.01. The summed E-state index contributed by atoms with van der Waals surface area (Å²) in [4.78, 5) is 18.3. The Kier molecular flexibility index (Phi) is 8.94. The first kappa shape index (κ1) is 23.2. The molecular weight excluding hydrogens is 481 g/mol. The highest BCUT2D eigenvalue weighted by Crippen LogP contribution is 2.21. The van der Waals surface area contributed by atoms with Crippen LogP contribution in [0.5, 0.6) is 0 Å². The van der Waals surface area contributed by atoms with Crippen LogP contribution in [0.25, 0.3) is 0 Å². The Balaban J connectivity index is 0.00000300. The van der Waals surface area contributed by atoms with Gasteiger partial charge in [-0.15, -0.1) is 24.0 Å². The van der Waals surface area contributed by atoms with Gasteiger partial charge in [-0.05, 0) is 37.0 Å². The molecule has 0 saturated carbocycles. The van der Waals surface area contributed by atoms with Crippen molar-refractivity contribution in [3.05, 3.63) is 47.3 Å². The zero-order valence-electron chi connectivity index (χ0n) is 17.3. The van der Waals surface area contributed by atoms with E-state index in [1.54, 1.807) is 0 Å². The molecule has 0 spiro atoms. The van der Waals surface area contributed by atoms with Gasteiger partial charge in [0.05, 0.1) is 18.8 Å². The monoisotopic (exact) mass is 511 g/mol. The number of carbonyl (C=O) groups is 1. The van der Waals surface area contributed by atoms with Crippen LogP contribution in [0.3, 0.4) is 0 Å². The smallest absolute Gasteiger partial charge is 0.227 e. The number of anilines is 1. The Morgan fingerprint density at radius 2 is 2.03 bits per heavy atom. The number of rotatable bonds is 7. The summed E-state index contributed by atoms with van der Waals surface area (Å²) < 4.78 is 5.36. The van der Waals surface area contributed by atoms with Crippen molar-refractivity contribution in [3.8, 4) is 0 Å². The molecule has 29 heavy (non-hydrogen) atoms. The minimum Gasteiger partial charge on any atom is -0.359 e. The molecule has 1 saturated heterocycles. The van der Waals surface area contributed by atoms with Crippen molar-refractivity contribution in [2.45, 2.75) is 52.6 Å². The van der Waals surface area contributed by atoms with Crippen molar-refractivity contribution in [3.63, 3.8) is 0 Å². The summed E-state index contributed by atoms with van der Waals surface area (Å²) in [6.07, 6.45) is 1.58. The molecule has 8 heteroatoms. The molecule has 1 fully saturated rings. The van der Waals surface area contributed by atoms with Crippen LogP contribution in [-0.2, 0) is 17.9 Å². The van der Waals surface area contributed by atoms with Crippen LogP contribution in [0.1, 0.15) is 56.5 Å². The molecular formula is C21H30IN5O2. The van der Waals surface area contributed by atoms with Crippen LogP contribution in [-0.4, -0.2) is 30.1 Å². The van der Waals surface area contributed by atoms with Crippen LogP contribution in [0.4, 0.5) is 5.69 Å². The average molecular weight is 511 g/mol. The van der Waals surface area contributed by atoms with E-state index in [0.29, 0.717) is 25.4 Å². The molecule has 0 unspecified atom stereocenters. The number of carbonyl (C=O) groups excluding carboxylic acids is 1. The molecule has 2 aromatic rings. The maximum atomic E-state index is 11.8. The SMILES string of the molecule is CCNC(=NCc1ccc(N2CCCC2=O)cc1)NCc1cc(C(C)C)no1.I. The second kappa shape index (κ2) is 11.2. The van der Waals surface area contributed by atoms with Crippen LogP contribution in [0, 0.1) is 0 Å². The van der Waals surface area contributed by atoms with Crippen molar-refractivity contribution in [1.29, 1.82) is 0 Å². The molecule has 1 aromatic carbocycles. The number of nitrogens with one attached hydrogen (secondary N) is 2. The van der Waals surface area contributed by atoms with Crippen molar-refractivity contribution in [2.75, 3.05) is 18.0 Å². The normalized spacial score (nSPS) is 14.3. The predicted octanol–water partition coefficient (Wildman–Crippen LogP) is 3.80. The molecule has 158 valence electrons. The van der Waals surface area contributed by atoms with Gasteiger partial charge in [-0.1, -0.05) is 31.1 Å². The number of amides is 1. The van der Waals surface area contributed by atoms with E-state index < -0.39 is 0 Å². The zero-order chi connectivity index (χ0) is 19.9. The highest BCUT2D eigenvalue weighted by atomic mass is 127. The summed E-state index contributed by atoms with van der Waals surface area (Å²) in [5, 5.41) is 10.6. The summed E-state index contributed by atoms with van der Waals surface area (Å²) >= 11 is 0. The average Bonchev–Trinajstić information content (AvgIpc) is 3.33. The van der Waals surface area contributed by atoms with E-state index in [-0.39, 0.29) is 29.9 Å². The lowest BCUT2D eigenvalue weighted by atomic mass is 10.1. The molecule has 2 N–H and O–H groups in total. The largest absolute Gasteiger partial charge is 0.359 e. The molecule has 0 atom stereocenters. The number of hydrogen-bond donors (Lipinski definition) is 2. The quantitative estimate of drug-likeness (QED) is 0.336. The zero-order valence-corrected chi connectivity index (χ0v) is 19.6. The number of hydrogen-bond acceptors (Lipinski definition) is 4. The van der Waals surface area contributed by atoms with Gasteiger partial charge < -0.3 is 20.1 Å². The van der Waals surface area contributed by atoms with Gasteiger partial charge in [0, 0.05) is 31.3 Å². The standard InChI is InChI=1S/C21H29N5O2.HI/c1-4-22-21(24-14-18-12-19(15(2)3)25-28-18)23-13-16-7-9-17(10-8-16)26-11-5-6-20(26)27;/h7-10,12,15H,4-6,11,13-14H2,1-3H3,(H2,22,23,24);1H. The van der Waals surface area contributed by atoms with E-state index >= 15 is 0 Å². The number of aromatic nitrogens is 1. The van der Waals surface area contributed by atoms with Crippen molar-refractivity contribution in [1.82, 2.24) is 15.8 Å². The fourth-order valence-corrected chi connectivity index (χ4v) is 3.07. The van der Waals surface area contributed by atoms with Crippen LogP contribution < -0.4 is 15.5 Å². The second-order valence-electron chi connectivity index (χ2n) is 7.24. The van der Waals surface area contributed by atoms with Crippen molar-refractivity contribution < 1.29 is 9.32 Å². The van der Waals surface area contributed by atoms with E-state index in [1.165, 1.54) is 0 Å². The summed E-state index contributed by atoms with van der Waals surface area (Å²) in [6, 6.07) is 10.0. The van der Waals surface area contributed by atoms with Crippen molar-refractivity contribution >= 4 is 41.5 Å². The molecule has 1 aromatic heterocycles. The first-order valence-electron chi connectivity index (χ1n) is 9.93. The molecule has 1 amide bonds. The number of aliphatic imine (C=N–C) groups is 1. The van der Waals surface area contributed by atoms with Gasteiger partial charge in [-0.3, -0.25) is 4.79 Å². The highest BCUT2D eigenvalue weighted by Gasteiger charge is 2.21. The van der Waals surface area contributed by atoms with Crippen LogP contribution >= 0.6 is 24.0 Å². The summed E-state index contributed by atoms with van der Waals surface area (Å²) in [7, 11) is 0. The van der Waals surface area contributed by atoms with E-state index in [2.05, 4.69) is 34.6 Å². The lowest BCUT2D eigenvalue weighted by molar-refractivity contribution is -0.117. The molecule has 1 aliphatic rings. The maximum Gasteiger partial charge on any atom is 0.227 e. The van der Waals surface area contributed by atoms with Gasteiger partial charge in [0.2, 0.25) is 5.91 Å². The topological polar surface area (TPSA) is 82.8 Å². The van der Waals surface area contributed by atoms with Gasteiger partial charge in [-0.2, -0.15) is 0 Å². The number of halogens is 1. The Hall–Kier alpha value is -2.10. The molecule has 2 heterocycles. The van der Waals surface area contributed by atoms with E-state index in [1.807, 2.05) is 42.2 Å². The van der Waals surface area contributed by atoms with Crippen molar-refractivity contribution in [2.24, 2.45) is 4.99 Å². The molecule has 1 aliphatic heterocycles. The molecule has 3 rings (SSSR count). The summed E-state index contributed by atoms with van der Waals surface area (Å²) in [5.74, 6) is 2.06. The van der Waals surface area contributed by atoms with E-state index in [9.17, 15) is 4.79 Å². The fourth-order valence-electron chi connectivity index (χ4n) is 3.07. The minimum atomic E-state index is 0. The third-order valence-corrected chi connectivity index (χ3v) is 4.68. The number of guanidine groups is 1. The molecule has 0 bridgehead atoms. The van der Waals surface area contributed by atoms with E-state index in [0.717, 1.165) is 48.2 Å². The second-order valence-corrected chi connectivity index (χ2v) is 7.24. The van der Waals surface area contributed by atoms with Crippen LogP contribution in [0.2, 0.25) is 0 Å². The Bertz CT molecular complexity index is 817. The van der Waals surface area contributed by atoms with Crippen LogP contribution in [0.15, 0.2) is 39.8 Å². The van der Waals surface area contributed by atoms with Gasteiger partial charge in [0.25, 0.3) is 0 Å². The highest BCUT2D eigenvalue weighted by molar-refractivity contribution is 14.0. The first-order valence-corrected chi connectivity index (χ1v) is 9.93. The Morgan fingerprint density at radius 3 is 2.62 bits per heavy atom. The van der Waals surface area contributed by atoms with E-state index in [4.69, 9.17) is 4.52 Å². The number of nitrogens with zero attached hydrogens (tertiary/aromatic N) is 3. The third kappa shape index (κ3) is 6.45. The van der Waals surface area contributed by atoms with Gasteiger partial charge in [0.15, 0.2) is 11.7 Å². The minimum absolute atomic E-state index is 0. The maximum absolute atomic E-state index is 11.8. The third-order valence-electron chi connectivity index (χ3n) is 4.68. The first-order chi connectivity index (χ1) is 13.6. The Labute approximate surface area is 189 Å². The number of benzene rings is 1. The molecule has 0 radical (unpaired) electrons. The lowest BCUT2D eigenvalue weighted by Crippen LogP contribution is -2.36. The van der Waals surface area contributed by atoms with Gasteiger partial charge in [0.1, 0.15) is 0 Å². The fraction of sp³-hybridized carbons (Fsp3) is 0.476. The lowest BCUT2D eigenvalue weighted by Gasteiger charge is -2.15. The Morgan fingerprint density at radius 1 is 1.28 bits per heavy atom. The molecule has 0 aliphatic carbocycles.